The van der Waals surface area contributed by atoms with E-state index in [0.717, 1.165) is 28.8 Å². The van der Waals surface area contributed by atoms with Gasteiger partial charge in [-0.3, -0.25) is 9.48 Å². The van der Waals surface area contributed by atoms with Crippen LogP contribution in [0.5, 0.6) is 5.75 Å². The normalized spacial score (nSPS) is 11.0. The number of aromatic nitrogens is 3. The smallest absolute Gasteiger partial charge is 0.252 e. The number of nitrogens with one attached hydrogen (secondary N) is 1. The van der Waals surface area contributed by atoms with Crippen LogP contribution >= 0.6 is 0 Å². The minimum atomic E-state index is -0.158. The molecule has 3 heterocycles. The zero-order valence-corrected chi connectivity index (χ0v) is 16.6. The number of aryl methyl sites for hydroxylation is 2. The predicted octanol–water partition coefficient (Wildman–Crippen LogP) is 3.52. The fraction of sp³-hybridized carbons (Fsp3) is 0.227. The van der Waals surface area contributed by atoms with E-state index in [-0.39, 0.29) is 5.91 Å². The molecule has 3 aromatic heterocycles. The van der Waals surface area contributed by atoms with Crippen LogP contribution in [0.4, 0.5) is 0 Å². The third kappa shape index (κ3) is 3.71. The van der Waals surface area contributed by atoms with Crippen LogP contribution in [0.1, 0.15) is 21.6 Å². The molecule has 4 aromatic rings. The van der Waals surface area contributed by atoms with Crippen LogP contribution in [0.2, 0.25) is 0 Å². The molecule has 0 unspecified atom stereocenters. The molecular weight excluding hydrogens is 368 g/mol. The lowest BCUT2D eigenvalue weighted by Gasteiger charge is -2.09. The molecule has 0 saturated heterocycles. The number of benzene rings is 1. The van der Waals surface area contributed by atoms with Crippen molar-refractivity contribution in [2.45, 2.75) is 13.3 Å². The van der Waals surface area contributed by atoms with Crippen LogP contribution < -0.4 is 10.1 Å². The van der Waals surface area contributed by atoms with E-state index in [1.807, 2.05) is 44.3 Å². The molecule has 0 aliphatic rings. The van der Waals surface area contributed by atoms with Crippen molar-refractivity contribution >= 4 is 16.9 Å². The average Bonchev–Trinajstić information content (AvgIpc) is 3.36. The van der Waals surface area contributed by atoms with Crippen LogP contribution in [0.25, 0.3) is 22.5 Å². The van der Waals surface area contributed by atoms with Crippen molar-refractivity contribution in [3.63, 3.8) is 0 Å². The maximum absolute atomic E-state index is 13.0. The number of furan rings is 1. The van der Waals surface area contributed by atoms with E-state index in [4.69, 9.17) is 9.15 Å². The minimum absolute atomic E-state index is 0.158. The summed E-state index contributed by atoms with van der Waals surface area (Å²) in [5.74, 6) is 1.27. The molecule has 0 atom stereocenters. The molecule has 0 radical (unpaired) electrons. The molecule has 0 aliphatic heterocycles. The fourth-order valence-electron chi connectivity index (χ4n) is 3.38. The van der Waals surface area contributed by atoms with Crippen LogP contribution in [-0.2, 0) is 13.5 Å². The van der Waals surface area contributed by atoms with Gasteiger partial charge in [0.15, 0.2) is 11.4 Å². The Balaban J connectivity index is 1.59. The maximum Gasteiger partial charge on any atom is 0.252 e. The topological polar surface area (TPSA) is 82.2 Å². The standard InChI is InChI=1S/C22H22N4O3/c1-14-20-17(22(27)23-11-10-15-6-8-16(28-3)9-7-15)13-18(19-5-4-12-29-19)24-21(20)26(2)25-14/h4-9,12-13H,10-11H2,1-3H3,(H,23,27). The van der Waals surface area contributed by atoms with Crippen molar-refractivity contribution in [3.8, 4) is 17.2 Å². The lowest BCUT2D eigenvalue weighted by atomic mass is 10.1. The molecule has 1 N–H and O–H groups in total. The number of nitrogens with zero attached hydrogens (tertiary/aromatic N) is 3. The van der Waals surface area contributed by atoms with Gasteiger partial charge in [-0.1, -0.05) is 12.1 Å². The Hall–Kier alpha value is -3.61. The highest BCUT2D eigenvalue weighted by atomic mass is 16.5. The number of ether oxygens (including phenoxy) is 1. The highest BCUT2D eigenvalue weighted by Crippen LogP contribution is 2.27. The summed E-state index contributed by atoms with van der Waals surface area (Å²) in [5, 5.41) is 8.20. The van der Waals surface area contributed by atoms with Gasteiger partial charge >= 0.3 is 0 Å². The Labute approximate surface area is 168 Å². The average molecular weight is 390 g/mol. The van der Waals surface area contributed by atoms with E-state index >= 15 is 0 Å². The zero-order chi connectivity index (χ0) is 20.4. The molecule has 7 nitrogen and oxygen atoms in total. The summed E-state index contributed by atoms with van der Waals surface area (Å²) in [7, 11) is 3.46. The SMILES string of the molecule is COc1ccc(CCNC(=O)c2cc(-c3ccco3)nc3c2c(C)nn3C)cc1. The highest BCUT2D eigenvalue weighted by molar-refractivity contribution is 6.07. The van der Waals surface area contributed by atoms with E-state index < -0.39 is 0 Å². The molecule has 0 spiro atoms. The Morgan fingerprint density at radius 3 is 2.72 bits per heavy atom. The molecule has 29 heavy (non-hydrogen) atoms. The van der Waals surface area contributed by atoms with Crippen LogP contribution in [0, 0.1) is 6.92 Å². The molecule has 0 fully saturated rings. The molecule has 148 valence electrons. The number of methoxy groups -OCH3 is 1. The van der Waals surface area contributed by atoms with Gasteiger partial charge < -0.3 is 14.5 Å². The van der Waals surface area contributed by atoms with Crippen molar-refractivity contribution < 1.29 is 13.9 Å². The summed E-state index contributed by atoms with van der Waals surface area (Å²) in [6.45, 7) is 2.40. The minimum Gasteiger partial charge on any atom is -0.497 e. The van der Waals surface area contributed by atoms with Crippen molar-refractivity contribution in [1.82, 2.24) is 20.1 Å². The molecule has 7 heteroatoms. The lowest BCUT2D eigenvalue weighted by molar-refractivity contribution is 0.0955. The Morgan fingerprint density at radius 1 is 1.24 bits per heavy atom. The van der Waals surface area contributed by atoms with E-state index in [1.165, 1.54) is 0 Å². The van der Waals surface area contributed by atoms with Crippen LogP contribution in [0.15, 0.2) is 53.1 Å². The van der Waals surface area contributed by atoms with Gasteiger partial charge in [0.05, 0.1) is 30.0 Å². The van der Waals surface area contributed by atoms with E-state index in [1.54, 1.807) is 30.2 Å². The first-order valence-electron chi connectivity index (χ1n) is 9.36. The first kappa shape index (κ1) is 18.7. The van der Waals surface area contributed by atoms with Gasteiger partial charge in [-0.05, 0) is 49.2 Å². The van der Waals surface area contributed by atoms with Gasteiger partial charge in [-0.15, -0.1) is 0 Å². The second-order valence-corrected chi connectivity index (χ2v) is 6.79. The van der Waals surface area contributed by atoms with Gasteiger partial charge in [0, 0.05) is 13.6 Å². The molecule has 4 rings (SSSR count). The molecule has 1 amide bonds. The van der Waals surface area contributed by atoms with Crippen LogP contribution in [0.3, 0.4) is 0 Å². The molecule has 0 aliphatic carbocycles. The number of carbonyl (C=O) groups excluding carboxylic acids is 1. The van der Waals surface area contributed by atoms with E-state index in [9.17, 15) is 4.79 Å². The predicted molar refractivity (Wildman–Crippen MR) is 110 cm³/mol. The van der Waals surface area contributed by atoms with Gasteiger partial charge in [-0.2, -0.15) is 5.10 Å². The summed E-state index contributed by atoms with van der Waals surface area (Å²) >= 11 is 0. The number of carbonyl (C=O) groups is 1. The summed E-state index contributed by atoms with van der Waals surface area (Å²) in [6, 6.07) is 13.2. The highest BCUT2D eigenvalue weighted by Gasteiger charge is 2.19. The monoisotopic (exact) mass is 390 g/mol. The second-order valence-electron chi connectivity index (χ2n) is 6.79. The Morgan fingerprint density at radius 2 is 2.03 bits per heavy atom. The van der Waals surface area contributed by atoms with Crippen molar-refractivity contribution in [1.29, 1.82) is 0 Å². The first-order chi connectivity index (χ1) is 14.1. The summed E-state index contributed by atoms with van der Waals surface area (Å²) in [5.41, 5.74) is 3.69. The van der Waals surface area contributed by atoms with Gasteiger partial charge in [0.25, 0.3) is 5.91 Å². The first-order valence-corrected chi connectivity index (χ1v) is 9.36. The van der Waals surface area contributed by atoms with Crippen LogP contribution in [-0.4, -0.2) is 34.3 Å². The number of hydrogen-bond donors (Lipinski definition) is 1. The Kier molecular flexibility index (Phi) is 5.03. The molecule has 0 saturated carbocycles. The molecule has 0 bridgehead atoms. The third-order valence-corrected chi connectivity index (χ3v) is 4.85. The van der Waals surface area contributed by atoms with Gasteiger partial charge in [-0.25, -0.2) is 4.98 Å². The number of amides is 1. The number of pyridine rings is 1. The fourth-order valence-corrected chi connectivity index (χ4v) is 3.38. The zero-order valence-electron chi connectivity index (χ0n) is 16.6. The van der Waals surface area contributed by atoms with E-state index in [0.29, 0.717) is 29.2 Å². The largest absolute Gasteiger partial charge is 0.497 e. The summed E-state index contributed by atoms with van der Waals surface area (Å²) < 4.78 is 12.3. The lowest BCUT2D eigenvalue weighted by Crippen LogP contribution is -2.26. The molecule has 1 aromatic carbocycles. The maximum atomic E-state index is 13.0. The summed E-state index contributed by atoms with van der Waals surface area (Å²) in [6.07, 6.45) is 2.31. The number of hydrogen-bond acceptors (Lipinski definition) is 5. The van der Waals surface area contributed by atoms with E-state index in [2.05, 4.69) is 15.4 Å². The second kappa shape index (κ2) is 7.79. The van der Waals surface area contributed by atoms with Crippen molar-refractivity contribution in [3.05, 3.63) is 65.5 Å². The number of fused-ring (bicyclic) bond motifs is 1. The molecular formula is C22H22N4O3. The van der Waals surface area contributed by atoms with Crippen molar-refractivity contribution in [2.75, 3.05) is 13.7 Å². The van der Waals surface area contributed by atoms with Gasteiger partial charge in [0.1, 0.15) is 11.4 Å². The summed E-state index contributed by atoms with van der Waals surface area (Å²) in [4.78, 5) is 17.6. The Bertz CT molecular complexity index is 1150. The number of rotatable bonds is 6. The van der Waals surface area contributed by atoms with Crippen molar-refractivity contribution in [2.24, 2.45) is 7.05 Å². The van der Waals surface area contributed by atoms with Gasteiger partial charge in [0.2, 0.25) is 0 Å². The quantitative estimate of drug-likeness (QED) is 0.545. The third-order valence-electron chi connectivity index (χ3n) is 4.85.